The molecule has 0 radical (unpaired) electrons. The van der Waals surface area contributed by atoms with Gasteiger partial charge >= 0.3 is 0 Å². The van der Waals surface area contributed by atoms with Gasteiger partial charge in [-0.1, -0.05) is 28.8 Å². The van der Waals surface area contributed by atoms with Crippen molar-refractivity contribution in [2.75, 3.05) is 6.61 Å². The molecule has 88 valence electrons. The number of rotatable bonds is 5. The van der Waals surface area contributed by atoms with Crippen molar-refractivity contribution in [3.8, 4) is 5.75 Å². The first kappa shape index (κ1) is 11.9. The van der Waals surface area contributed by atoms with Gasteiger partial charge in [-0.25, -0.2) is 0 Å². The third-order valence-electron chi connectivity index (χ3n) is 2.96. The van der Waals surface area contributed by atoms with Crippen molar-refractivity contribution >= 4 is 15.9 Å². The highest BCUT2D eigenvalue weighted by molar-refractivity contribution is 9.10. The summed E-state index contributed by atoms with van der Waals surface area (Å²) in [7, 11) is 0. The molecule has 3 heteroatoms. The molecule has 0 saturated heterocycles. The number of hydrogen-bond acceptors (Lipinski definition) is 2. The first-order chi connectivity index (χ1) is 7.70. The number of benzene rings is 1. The summed E-state index contributed by atoms with van der Waals surface area (Å²) in [6, 6.07) is 3.94. The van der Waals surface area contributed by atoms with Crippen LogP contribution < -0.4 is 4.74 Å². The van der Waals surface area contributed by atoms with Crippen molar-refractivity contribution in [1.82, 2.24) is 0 Å². The Morgan fingerprint density at radius 2 is 2.19 bits per heavy atom. The van der Waals surface area contributed by atoms with Gasteiger partial charge in [0.25, 0.3) is 0 Å². The average Bonchev–Trinajstić information content (AvgIpc) is 3.04. The van der Waals surface area contributed by atoms with Crippen LogP contribution in [0.25, 0.3) is 0 Å². The molecule has 0 atom stereocenters. The maximum Gasteiger partial charge on any atom is 0.127 e. The lowest BCUT2D eigenvalue weighted by Gasteiger charge is -2.13. The van der Waals surface area contributed by atoms with Crippen molar-refractivity contribution in [3.63, 3.8) is 0 Å². The van der Waals surface area contributed by atoms with E-state index in [1.165, 1.54) is 12.8 Å². The van der Waals surface area contributed by atoms with Crippen molar-refractivity contribution in [3.05, 3.63) is 27.7 Å². The summed E-state index contributed by atoms with van der Waals surface area (Å²) < 4.78 is 6.77. The smallest absolute Gasteiger partial charge is 0.127 e. The number of aliphatic hydroxyl groups excluding tert-OH is 1. The normalized spacial score (nSPS) is 15.2. The summed E-state index contributed by atoms with van der Waals surface area (Å²) in [5.41, 5.74) is 1.94. The first-order valence-corrected chi connectivity index (χ1v) is 6.52. The van der Waals surface area contributed by atoms with E-state index in [-0.39, 0.29) is 6.61 Å². The monoisotopic (exact) mass is 284 g/mol. The van der Waals surface area contributed by atoms with Crippen molar-refractivity contribution in [2.24, 2.45) is 5.92 Å². The minimum atomic E-state index is 0.0268. The summed E-state index contributed by atoms with van der Waals surface area (Å²) in [5.74, 6) is 1.74. The molecule has 1 saturated carbocycles. The molecule has 2 nitrogen and oxygen atoms in total. The van der Waals surface area contributed by atoms with Crippen molar-refractivity contribution in [2.45, 2.75) is 32.8 Å². The summed E-state index contributed by atoms with van der Waals surface area (Å²) in [6.07, 6.45) is 3.85. The quantitative estimate of drug-likeness (QED) is 0.898. The molecule has 16 heavy (non-hydrogen) atoms. The number of halogens is 1. The van der Waals surface area contributed by atoms with Crippen LogP contribution in [0.5, 0.6) is 5.75 Å². The van der Waals surface area contributed by atoms with Crippen LogP contribution in [0.3, 0.4) is 0 Å². The average molecular weight is 285 g/mol. The van der Waals surface area contributed by atoms with Crippen LogP contribution in [0.1, 0.15) is 30.4 Å². The fraction of sp³-hybridized carbons (Fsp3) is 0.538. The van der Waals surface area contributed by atoms with E-state index in [2.05, 4.69) is 15.9 Å². The Bertz CT molecular complexity index is 372. The fourth-order valence-electron chi connectivity index (χ4n) is 1.86. The molecule has 0 bridgehead atoms. The molecule has 0 aliphatic heterocycles. The Morgan fingerprint density at radius 1 is 1.44 bits per heavy atom. The SMILES string of the molecule is Cc1cc(Br)cc(CO)c1OCCC1CC1. The lowest BCUT2D eigenvalue weighted by atomic mass is 10.1. The van der Waals surface area contributed by atoms with Gasteiger partial charge in [0.05, 0.1) is 13.2 Å². The number of aryl methyl sites for hydroxylation is 1. The molecule has 1 aromatic carbocycles. The summed E-state index contributed by atoms with van der Waals surface area (Å²) in [6.45, 7) is 2.80. The van der Waals surface area contributed by atoms with E-state index in [1.54, 1.807) is 0 Å². The largest absolute Gasteiger partial charge is 0.493 e. The molecule has 0 heterocycles. The van der Waals surface area contributed by atoms with Gasteiger partial charge in [-0.2, -0.15) is 0 Å². The zero-order chi connectivity index (χ0) is 11.5. The third kappa shape index (κ3) is 2.98. The van der Waals surface area contributed by atoms with Crippen LogP contribution in [0, 0.1) is 12.8 Å². The lowest BCUT2D eigenvalue weighted by Crippen LogP contribution is -2.03. The van der Waals surface area contributed by atoms with Gasteiger partial charge in [0.2, 0.25) is 0 Å². The number of aliphatic hydroxyl groups is 1. The minimum absolute atomic E-state index is 0.0268. The lowest BCUT2D eigenvalue weighted by molar-refractivity contribution is 0.258. The standard InChI is InChI=1S/C13H17BrO2/c1-9-6-12(14)7-11(8-15)13(9)16-5-4-10-2-3-10/h6-7,10,15H,2-5,8H2,1H3. The van der Waals surface area contributed by atoms with E-state index < -0.39 is 0 Å². The van der Waals surface area contributed by atoms with Crippen LogP contribution >= 0.6 is 15.9 Å². The number of hydrogen-bond donors (Lipinski definition) is 1. The molecule has 0 amide bonds. The van der Waals surface area contributed by atoms with E-state index >= 15 is 0 Å². The highest BCUT2D eigenvalue weighted by Crippen LogP contribution is 2.33. The Balaban J connectivity index is 2.04. The molecular weight excluding hydrogens is 268 g/mol. The third-order valence-corrected chi connectivity index (χ3v) is 3.41. The molecule has 1 aliphatic carbocycles. The summed E-state index contributed by atoms with van der Waals surface area (Å²) in [4.78, 5) is 0. The minimum Gasteiger partial charge on any atom is -0.493 e. The summed E-state index contributed by atoms with van der Waals surface area (Å²) >= 11 is 3.42. The number of ether oxygens (including phenoxy) is 1. The molecule has 2 rings (SSSR count). The van der Waals surface area contributed by atoms with Crippen LogP contribution in [0.15, 0.2) is 16.6 Å². The van der Waals surface area contributed by atoms with Crippen LogP contribution in [-0.2, 0) is 6.61 Å². The Morgan fingerprint density at radius 3 is 2.81 bits per heavy atom. The van der Waals surface area contributed by atoms with E-state index in [0.717, 1.165) is 40.3 Å². The van der Waals surface area contributed by atoms with Gasteiger partial charge in [0.15, 0.2) is 0 Å². The topological polar surface area (TPSA) is 29.5 Å². The highest BCUT2D eigenvalue weighted by atomic mass is 79.9. The second-order valence-electron chi connectivity index (χ2n) is 4.45. The first-order valence-electron chi connectivity index (χ1n) is 5.73. The maximum atomic E-state index is 9.29. The highest BCUT2D eigenvalue weighted by Gasteiger charge is 2.21. The molecule has 1 aliphatic rings. The van der Waals surface area contributed by atoms with Crippen molar-refractivity contribution < 1.29 is 9.84 Å². The van der Waals surface area contributed by atoms with Gasteiger partial charge in [0, 0.05) is 10.0 Å². The maximum absolute atomic E-state index is 9.29. The van der Waals surface area contributed by atoms with Gasteiger partial charge in [-0.15, -0.1) is 0 Å². The van der Waals surface area contributed by atoms with Crippen molar-refractivity contribution in [1.29, 1.82) is 0 Å². The molecule has 1 fully saturated rings. The Labute approximate surface area is 105 Å². The molecule has 0 unspecified atom stereocenters. The van der Waals surface area contributed by atoms with Gasteiger partial charge in [-0.3, -0.25) is 0 Å². The van der Waals surface area contributed by atoms with E-state index in [0.29, 0.717) is 0 Å². The molecule has 0 aromatic heterocycles. The second-order valence-corrected chi connectivity index (χ2v) is 5.37. The Hall–Kier alpha value is -0.540. The predicted molar refractivity (Wildman–Crippen MR) is 67.6 cm³/mol. The zero-order valence-corrected chi connectivity index (χ0v) is 11.1. The van der Waals surface area contributed by atoms with Crippen LogP contribution in [0.2, 0.25) is 0 Å². The molecule has 1 aromatic rings. The van der Waals surface area contributed by atoms with E-state index in [1.807, 2.05) is 19.1 Å². The fourth-order valence-corrected chi connectivity index (χ4v) is 2.48. The Kier molecular flexibility index (Phi) is 3.87. The zero-order valence-electron chi connectivity index (χ0n) is 9.50. The van der Waals surface area contributed by atoms with E-state index in [4.69, 9.17) is 4.74 Å². The predicted octanol–water partition coefficient (Wildman–Crippen LogP) is 3.43. The van der Waals surface area contributed by atoms with E-state index in [9.17, 15) is 5.11 Å². The molecule has 0 spiro atoms. The van der Waals surface area contributed by atoms with Crippen LogP contribution in [-0.4, -0.2) is 11.7 Å². The second kappa shape index (κ2) is 5.19. The summed E-state index contributed by atoms with van der Waals surface area (Å²) in [5, 5.41) is 9.29. The van der Waals surface area contributed by atoms with Crippen LogP contribution in [0.4, 0.5) is 0 Å². The van der Waals surface area contributed by atoms with Gasteiger partial charge in [-0.05, 0) is 37.0 Å². The molecule has 1 N–H and O–H groups in total. The van der Waals surface area contributed by atoms with Gasteiger partial charge in [0.1, 0.15) is 5.75 Å². The molecular formula is C13H17BrO2. The van der Waals surface area contributed by atoms with Gasteiger partial charge < -0.3 is 9.84 Å².